The summed E-state index contributed by atoms with van der Waals surface area (Å²) in [5, 5.41) is 2.41. The molecule has 3 nitrogen and oxygen atoms in total. The van der Waals surface area contributed by atoms with Crippen LogP contribution in [0.3, 0.4) is 0 Å². The fourth-order valence-corrected chi connectivity index (χ4v) is 6.49. The number of rotatable bonds is 7. The summed E-state index contributed by atoms with van der Waals surface area (Å²) in [5.74, 6) is 0.886. The van der Waals surface area contributed by atoms with Gasteiger partial charge in [0, 0.05) is 61.1 Å². The Hall–Kier alpha value is -2.69. The smallest absolute Gasteiger partial charge is 0.131 e. The first-order chi connectivity index (χ1) is 17.7. The van der Waals surface area contributed by atoms with Crippen LogP contribution in [0.15, 0.2) is 72.8 Å². The van der Waals surface area contributed by atoms with Crippen LogP contribution in [0.25, 0.3) is 32.9 Å². The van der Waals surface area contributed by atoms with Crippen LogP contribution in [0.4, 0.5) is 4.39 Å². The van der Waals surface area contributed by atoms with E-state index < -0.39 is 6.17 Å². The highest BCUT2D eigenvalue weighted by Crippen LogP contribution is 2.33. The Morgan fingerprint density at radius 3 is 2.17 bits per heavy atom. The number of alkyl halides is 1. The highest BCUT2D eigenvalue weighted by Gasteiger charge is 2.24. The number of halogens is 1. The SMILES string of the molecule is FC(CN1CCN(CC2CCCCC2)CC1)Cn1c2ccccc2c2cc(-c3ccccc3)ccc21. The molecule has 0 spiro atoms. The average molecular weight is 484 g/mol. The van der Waals surface area contributed by atoms with E-state index in [1.807, 2.05) is 6.07 Å². The Morgan fingerprint density at radius 2 is 1.36 bits per heavy atom. The van der Waals surface area contributed by atoms with Gasteiger partial charge in [0.15, 0.2) is 0 Å². The minimum atomic E-state index is -0.886. The quantitative estimate of drug-likeness (QED) is 0.280. The van der Waals surface area contributed by atoms with Gasteiger partial charge in [-0.25, -0.2) is 4.39 Å². The van der Waals surface area contributed by atoms with Crippen molar-refractivity contribution in [2.75, 3.05) is 39.3 Å². The molecule has 2 heterocycles. The number of benzene rings is 3. The lowest BCUT2D eigenvalue weighted by molar-refractivity contribution is 0.0879. The van der Waals surface area contributed by atoms with E-state index in [9.17, 15) is 0 Å². The second-order valence-electron chi connectivity index (χ2n) is 10.9. The zero-order chi connectivity index (χ0) is 24.3. The summed E-state index contributed by atoms with van der Waals surface area (Å²) < 4.78 is 17.7. The molecule has 1 atom stereocenters. The van der Waals surface area contributed by atoms with Crippen molar-refractivity contribution < 1.29 is 4.39 Å². The zero-order valence-corrected chi connectivity index (χ0v) is 21.3. The summed E-state index contributed by atoms with van der Waals surface area (Å²) in [6.45, 7) is 6.31. The Kier molecular flexibility index (Phi) is 7.07. The van der Waals surface area contributed by atoms with Gasteiger partial charge in [0.25, 0.3) is 0 Å². The largest absolute Gasteiger partial charge is 0.337 e. The van der Waals surface area contributed by atoms with Gasteiger partial charge < -0.3 is 9.47 Å². The topological polar surface area (TPSA) is 11.4 Å². The predicted octanol–water partition coefficient (Wildman–Crippen LogP) is 7.00. The summed E-state index contributed by atoms with van der Waals surface area (Å²) in [5.41, 5.74) is 4.66. The van der Waals surface area contributed by atoms with Crippen molar-refractivity contribution in [1.29, 1.82) is 0 Å². The maximum absolute atomic E-state index is 15.5. The molecule has 4 aromatic rings. The molecular weight excluding hydrogens is 445 g/mol. The van der Waals surface area contributed by atoms with E-state index in [2.05, 4.69) is 81.1 Å². The van der Waals surface area contributed by atoms with Gasteiger partial charge in [0.05, 0.1) is 6.54 Å². The molecule has 36 heavy (non-hydrogen) atoms. The van der Waals surface area contributed by atoms with E-state index in [0.29, 0.717) is 13.1 Å². The van der Waals surface area contributed by atoms with E-state index in [0.717, 1.165) is 43.1 Å². The standard InChI is InChI=1S/C32H38FN3/c33-28(23-35-19-17-34(18-20-35)22-25-9-3-1-4-10-25)24-36-31-14-8-7-13-29(31)30-21-27(15-16-32(30)36)26-11-5-2-6-12-26/h2,5-8,11-16,21,25,28H,1,3-4,9-10,17-20,22-24H2. The normalized spacial score (nSPS) is 19.2. The maximum atomic E-state index is 15.5. The van der Waals surface area contributed by atoms with Crippen LogP contribution in [0.2, 0.25) is 0 Å². The van der Waals surface area contributed by atoms with E-state index in [1.54, 1.807) is 0 Å². The lowest BCUT2D eigenvalue weighted by atomic mass is 9.89. The van der Waals surface area contributed by atoms with E-state index in [4.69, 9.17) is 0 Å². The molecular formula is C32H38FN3. The molecule has 1 saturated carbocycles. The van der Waals surface area contributed by atoms with Crippen LogP contribution in [-0.4, -0.2) is 59.8 Å². The van der Waals surface area contributed by atoms with Crippen LogP contribution in [0.5, 0.6) is 0 Å². The number of hydrogen-bond donors (Lipinski definition) is 0. The second-order valence-corrected chi connectivity index (χ2v) is 10.9. The van der Waals surface area contributed by atoms with Gasteiger partial charge in [-0.1, -0.05) is 73.9 Å². The molecule has 4 heteroatoms. The van der Waals surface area contributed by atoms with Gasteiger partial charge in [-0.2, -0.15) is 0 Å². The molecule has 2 fully saturated rings. The second kappa shape index (κ2) is 10.7. The fourth-order valence-electron chi connectivity index (χ4n) is 6.49. The van der Waals surface area contributed by atoms with Crippen molar-refractivity contribution in [2.24, 2.45) is 5.92 Å². The molecule has 0 radical (unpaired) electrons. The summed E-state index contributed by atoms with van der Waals surface area (Å²) in [6, 6.07) is 25.6. The fraction of sp³-hybridized carbons (Fsp3) is 0.438. The molecule has 0 bridgehead atoms. The van der Waals surface area contributed by atoms with Crippen molar-refractivity contribution in [3.8, 4) is 11.1 Å². The van der Waals surface area contributed by atoms with Gasteiger partial charge in [-0.3, -0.25) is 4.90 Å². The third-order valence-electron chi connectivity index (χ3n) is 8.42. The van der Waals surface area contributed by atoms with E-state index in [-0.39, 0.29) is 0 Å². The van der Waals surface area contributed by atoms with Crippen LogP contribution in [-0.2, 0) is 6.54 Å². The molecule has 1 aliphatic heterocycles. The van der Waals surface area contributed by atoms with Crippen LogP contribution < -0.4 is 0 Å². The third-order valence-corrected chi connectivity index (χ3v) is 8.42. The first-order valence-corrected chi connectivity index (χ1v) is 13.9. The number of hydrogen-bond acceptors (Lipinski definition) is 2. The molecule has 1 aliphatic carbocycles. The Morgan fingerprint density at radius 1 is 0.667 bits per heavy atom. The van der Waals surface area contributed by atoms with Gasteiger partial charge in [-0.15, -0.1) is 0 Å². The molecule has 2 aliphatic rings. The lowest BCUT2D eigenvalue weighted by Crippen LogP contribution is -2.49. The number of nitrogens with zero attached hydrogens (tertiary/aromatic N) is 3. The number of aromatic nitrogens is 1. The molecule has 6 rings (SSSR count). The van der Waals surface area contributed by atoms with Crippen molar-refractivity contribution in [2.45, 2.75) is 44.8 Å². The Balaban J connectivity index is 1.14. The highest BCUT2D eigenvalue weighted by atomic mass is 19.1. The highest BCUT2D eigenvalue weighted by molar-refractivity contribution is 6.09. The lowest BCUT2D eigenvalue weighted by Gasteiger charge is -2.37. The third kappa shape index (κ3) is 5.07. The van der Waals surface area contributed by atoms with E-state index in [1.165, 1.54) is 60.5 Å². The van der Waals surface area contributed by atoms with Gasteiger partial charge in [0.1, 0.15) is 6.17 Å². The van der Waals surface area contributed by atoms with Crippen molar-refractivity contribution in [3.63, 3.8) is 0 Å². The minimum Gasteiger partial charge on any atom is -0.337 e. The number of fused-ring (bicyclic) bond motifs is 3. The van der Waals surface area contributed by atoms with Crippen LogP contribution in [0.1, 0.15) is 32.1 Å². The van der Waals surface area contributed by atoms with Gasteiger partial charge in [0.2, 0.25) is 0 Å². The summed E-state index contributed by atoms with van der Waals surface area (Å²) in [6.07, 6.45) is 6.15. The first kappa shape index (κ1) is 23.7. The Bertz CT molecular complexity index is 1280. The van der Waals surface area contributed by atoms with Gasteiger partial charge in [-0.05, 0) is 48.1 Å². The molecule has 3 aromatic carbocycles. The van der Waals surface area contributed by atoms with Crippen molar-refractivity contribution in [1.82, 2.24) is 14.4 Å². The minimum absolute atomic E-state index is 0.400. The van der Waals surface area contributed by atoms with Crippen LogP contribution >= 0.6 is 0 Å². The summed E-state index contributed by atoms with van der Waals surface area (Å²) in [7, 11) is 0. The first-order valence-electron chi connectivity index (χ1n) is 13.9. The predicted molar refractivity (Wildman–Crippen MR) is 149 cm³/mol. The summed E-state index contributed by atoms with van der Waals surface area (Å²) in [4.78, 5) is 4.96. The number of para-hydroxylation sites is 1. The monoisotopic (exact) mass is 483 g/mol. The molecule has 1 aromatic heterocycles. The summed E-state index contributed by atoms with van der Waals surface area (Å²) >= 11 is 0. The molecule has 188 valence electrons. The maximum Gasteiger partial charge on any atom is 0.131 e. The van der Waals surface area contributed by atoms with Crippen LogP contribution in [0, 0.1) is 5.92 Å². The Labute approximate surface area is 214 Å². The molecule has 0 N–H and O–H groups in total. The van der Waals surface area contributed by atoms with Crippen molar-refractivity contribution >= 4 is 21.8 Å². The molecule has 1 saturated heterocycles. The molecule has 1 unspecified atom stereocenters. The molecule has 0 amide bonds. The number of piperazine rings is 1. The van der Waals surface area contributed by atoms with E-state index >= 15 is 4.39 Å². The average Bonchev–Trinajstić information content (AvgIpc) is 3.23. The van der Waals surface area contributed by atoms with Crippen molar-refractivity contribution in [3.05, 3.63) is 72.8 Å². The van der Waals surface area contributed by atoms with Gasteiger partial charge >= 0.3 is 0 Å². The zero-order valence-electron chi connectivity index (χ0n) is 21.3.